The van der Waals surface area contributed by atoms with Crippen molar-refractivity contribution in [1.82, 2.24) is 10.2 Å². The Morgan fingerprint density at radius 1 is 1.20 bits per heavy atom. The fourth-order valence-electron chi connectivity index (χ4n) is 3.29. The predicted octanol–water partition coefficient (Wildman–Crippen LogP) is 3.66. The molecule has 154 valence electrons. The molecule has 0 spiro atoms. The van der Waals surface area contributed by atoms with Crippen molar-refractivity contribution in [3.63, 3.8) is 0 Å². The van der Waals surface area contributed by atoms with Crippen LogP contribution in [0.15, 0.2) is 41.3 Å². The molecule has 6 nitrogen and oxygen atoms in total. The number of amides is 2. The minimum absolute atomic E-state index is 0.158. The molecule has 2 aliphatic heterocycles. The molecule has 1 N–H and O–H groups in total. The second kappa shape index (κ2) is 8.49. The Labute approximate surface area is 184 Å². The zero-order chi connectivity index (χ0) is 21.3. The van der Waals surface area contributed by atoms with Crippen LogP contribution in [0.1, 0.15) is 27.0 Å². The summed E-state index contributed by atoms with van der Waals surface area (Å²) in [5.41, 5.74) is 3.50. The molecular weight excluding hydrogens is 420 g/mol. The standard InChI is InChI=1S/C22H20N2O4S2/c1-13-3-5-16(14(2)9-13)20(25)23-7-8-24-21(26)19(30-22(24)29)11-15-4-6-17-18(10-15)28-12-27-17/h3-6,9-11H,7-8,12H2,1-2H3,(H,23,25). The lowest BCUT2D eigenvalue weighted by atomic mass is 10.1. The molecule has 1 saturated heterocycles. The highest BCUT2D eigenvalue weighted by molar-refractivity contribution is 8.26. The largest absolute Gasteiger partial charge is 0.454 e. The minimum Gasteiger partial charge on any atom is -0.454 e. The van der Waals surface area contributed by atoms with Crippen molar-refractivity contribution in [3.8, 4) is 11.5 Å². The van der Waals surface area contributed by atoms with Crippen molar-refractivity contribution in [1.29, 1.82) is 0 Å². The van der Waals surface area contributed by atoms with E-state index >= 15 is 0 Å². The Bertz CT molecular complexity index is 1080. The number of aryl methyl sites for hydroxylation is 2. The van der Waals surface area contributed by atoms with Crippen LogP contribution in [0.4, 0.5) is 0 Å². The van der Waals surface area contributed by atoms with Crippen LogP contribution in [0.3, 0.4) is 0 Å². The van der Waals surface area contributed by atoms with Gasteiger partial charge in [-0.1, -0.05) is 47.7 Å². The summed E-state index contributed by atoms with van der Waals surface area (Å²) in [6.07, 6.45) is 1.79. The summed E-state index contributed by atoms with van der Waals surface area (Å²) in [5.74, 6) is 1.03. The number of nitrogens with one attached hydrogen (secondary N) is 1. The number of nitrogens with zero attached hydrogens (tertiary/aromatic N) is 1. The van der Waals surface area contributed by atoms with E-state index in [1.165, 1.54) is 16.7 Å². The van der Waals surface area contributed by atoms with Gasteiger partial charge in [-0.15, -0.1) is 0 Å². The third-order valence-electron chi connectivity index (χ3n) is 4.82. The van der Waals surface area contributed by atoms with Crippen molar-refractivity contribution < 1.29 is 19.1 Å². The topological polar surface area (TPSA) is 67.9 Å². The highest BCUT2D eigenvalue weighted by Crippen LogP contribution is 2.36. The number of ether oxygens (including phenoxy) is 2. The van der Waals surface area contributed by atoms with Crippen LogP contribution in [0.25, 0.3) is 6.08 Å². The predicted molar refractivity (Wildman–Crippen MR) is 121 cm³/mol. The molecule has 1 fully saturated rings. The van der Waals surface area contributed by atoms with Crippen LogP contribution >= 0.6 is 24.0 Å². The van der Waals surface area contributed by atoms with Crippen LogP contribution in [-0.2, 0) is 4.79 Å². The van der Waals surface area contributed by atoms with Crippen LogP contribution in [0.5, 0.6) is 11.5 Å². The highest BCUT2D eigenvalue weighted by atomic mass is 32.2. The van der Waals surface area contributed by atoms with Gasteiger partial charge in [0.25, 0.3) is 11.8 Å². The van der Waals surface area contributed by atoms with Gasteiger partial charge < -0.3 is 14.8 Å². The third kappa shape index (κ3) is 4.20. The lowest BCUT2D eigenvalue weighted by Crippen LogP contribution is -2.37. The number of carbonyl (C=O) groups excluding carboxylic acids is 2. The summed E-state index contributed by atoms with van der Waals surface area (Å²) in [6.45, 7) is 4.73. The molecule has 0 saturated carbocycles. The first-order valence-corrected chi connectivity index (χ1v) is 10.7. The average Bonchev–Trinajstić information content (AvgIpc) is 3.27. The molecule has 0 aliphatic carbocycles. The van der Waals surface area contributed by atoms with Crippen molar-refractivity contribution >= 4 is 46.2 Å². The third-order valence-corrected chi connectivity index (χ3v) is 6.19. The monoisotopic (exact) mass is 440 g/mol. The molecule has 8 heteroatoms. The Kier molecular flexibility index (Phi) is 5.78. The molecule has 0 atom stereocenters. The molecule has 2 amide bonds. The Morgan fingerprint density at radius 2 is 2.00 bits per heavy atom. The quantitative estimate of drug-likeness (QED) is 0.565. The first kappa shape index (κ1) is 20.4. The zero-order valence-corrected chi connectivity index (χ0v) is 18.2. The number of hydrogen-bond acceptors (Lipinski definition) is 6. The first-order chi connectivity index (χ1) is 14.4. The summed E-state index contributed by atoms with van der Waals surface area (Å²) in [5, 5.41) is 2.87. The molecule has 2 heterocycles. The molecule has 30 heavy (non-hydrogen) atoms. The molecule has 0 bridgehead atoms. The number of fused-ring (bicyclic) bond motifs is 1. The zero-order valence-electron chi connectivity index (χ0n) is 16.6. The first-order valence-electron chi connectivity index (χ1n) is 9.43. The lowest BCUT2D eigenvalue weighted by Gasteiger charge is -2.15. The fraction of sp³-hybridized carbons (Fsp3) is 0.227. The van der Waals surface area contributed by atoms with E-state index < -0.39 is 0 Å². The lowest BCUT2D eigenvalue weighted by molar-refractivity contribution is -0.122. The van der Waals surface area contributed by atoms with Gasteiger partial charge in [0, 0.05) is 18.7 Å². The second-order valence-electron chi connectivity index (χ2n) is 7.02. The Morgan fingerprint density at radius 3 is 2.80 bits per heavy atom. The van der Waals surface area contributed by atoms with Crippen LogP contribution in [0, 0.1) is 13.8 Å². The van der Waals surface area contributed by atoms with Crippen molar-refractivity contribution in [2.75, 3.05) is 19.9 Å². The van der Waals surface area contributed by atoms with Crippen molar-refractivity contribution in [2.24, 2.45) is 0 Å². The Balaban J connectivity index is 1.38. The average molecular weight is 441 g/mol. The van der Waals surface area contributed by atoms with E-state index in [-0.39, 0.29) is 18.6 Å². The number of thioether (sulfide) groups is 1. The summed E-state index contributed by atoms with van der Waals surface area (Å²) in [7, 11) is 0. The summed E-state index contributed by atoms with van der Waals surface area (Å²) in [4.78, 5) is 27.3. The van der Waals surface area contributed by atoms with Gasteiger partial charge in [0.2, 0.25) is 6.79 Å². The smallest absolute Gasteiger partial charge is 0.266 e. The van der Waals surface area contributed by atoms with E-state index in [1.807, 2.05) is 50.2 Å². The van der Waals surface area contributed by atoms with Gasteiger partial charge in [0.1, 0.15) is 4.32 Å². The van der Waals surface area contributed by atoms with Gasteiger partial charge in [0.05, 0.1) is 4.91 Å². The van der Waals surface area contributed by atoms with E-state index in [0.29, 0.717) is 39.4 Å². The molecule has 2 aromatic rings. The van der Waals surface area contributed by atoms with Gasteiger partial charge in [-0.3, -0.25) is 14.5 Å². The van der Waals surface area contributed by atoms with Gasteiger partial charge in [-0.05, 0) is 49.2 Å². The fourth-order valence-corrected chi connectivity index (χ4v) is 4.60. The van der Waals surface area contributed by atoms with Gasteiger partial charge in [-0.25, -0.2) is 0 Å². The number of carbonyl (C=O) groups is 2. The number of hydrogen-bond donors (Lipinski definition) is 1. The highest BCUT2D eigenvalue weighted by Gasteiger charge is 2.31. The molecule has 0 radical (unpaired) electrons. The van der Waals surface area contributed by atoms with E-state index in [1.54, 1.807) is 6.08 Å². The van der Waals surface area contributed by atoms with Crippen molar-refractivity contribution in [2.45, 2.75) is 13.8 Å². The Hall–Kier alpha value is -2.84. The molecule has 4 rings (SSSR count). The van der Waals surface area contributed by atoms with Gasteiger partial charge in [-0.2, -0.15) is 0 Å². The molecule has 0 unspecified atom stereocenters. The molecule has 2 aliphatic rings. The van der Waals surface area contributed by atoms with Gasteiger partial charge >= 0.3 is 0 Å². The maximum atomic E-state index is 12.8. The molecule has 2 aromatic carbocycles. The van der Waals surface area contributed by atoms with Crippen LogP contribution in [0.2, 0.25) is 0 Å². The van der Waals surface area contributed by atoms with Crippen LogP contribution < -0.4 is 14.8 Å². The normalized spacial score (nSPS) is 16.5. The molecule has 0 aromatic heterocycles. The van der Waals surface area contributed by atoms with Crippen molar-refractivity contribution in [3.05, 3.63) is 63.6 Å². The van der Waals surface area contributed by atoms with E-state index in [4.69, 9.17) is 21.7 Å². The number of benzene rings is 2. The van der Waals surface area contributed by atoms with E-state index in [9.17, 15) is 9.59 Å². The SMILES string of the molecule is Cc1ccc(C(=O)NCCN2C(=O)C(=Cc3ccc4c(c3)OCO4)SC2=S)c(C)c1. The molecular formula is C22H20N2O4S2. The maximum absolute atomic E-state index is 12.8. The summed E-state index contributed by atoms with van der Waals surface area (Å²) < 4.78 is 11.2. The minimum atomic E-state index is -0.163. The number of rotatable bonds is 5. The second-order valence-corrected chi connectivity index (χ2v) is 8.70. The summed E-state index contributed by atoms with van der Waals surface area (Å²) >= 11 is 6.62. The maximum Gasteiger partial charge on any atom is 0.266 e. The van der Waals surface area contributed by atoms with E-state index in [2.05, 4.69) is 5.32 Å². The van der Waals surface area contributed by atoms with Crippen LogP contribution in [-0.4, -0.2) is 40.9 Å². The summed E-state index contributed by atoms with van der Waals surface area (Å²) in [6, 6.07) is 11.2. The number of thiocarbonyl (C=S) groups is 1. The van der Waals surface area contributed by atoms with Gasteiger partial charge in [0.15, 0.2) is 11.5 Å². The van der Waals surface area contributed by atoms with E-state index in [0.717, 1.165) is 16.7 Å².